The fraction of sp³-hybridized carbons (Fsp3) is 0.385. The number of nitrogens with one attached hydrogen (secondary N) is 1. The predicted octanol–water partition coefficient (Wildman–Crippen LogP) is 1.02. The van der Waals surface area contributed by atoms with Gasteiger partial charge in [-0.2, -0.15) is 0 Å². The largest absolute Gasteiger partial charge is 0.296 e. The number of carbonyl (C=O) groups is 3. The van der Waals surface area contributed by atoms with E-state index in [1.54, 1.807) is 18.3 Å². The molecule has 0 aliphatic carbocycles. The number of hydrogen-bond donors (Lipinski definition) is 1. The molecule has 0 bridgehead atoms. The maximum absolute atomic E-state index is 12.0. The number of nitrogens with zero attached hydrogens (tertiary/aromatic N) is 1. The van der Waals surface area contributed by atoms with Gasteiger partial charge < -0.3 is 0 Å². The van der Waals surface area contributed by atoms with Gasteiger partial charge in [-0.1, -0.05) is 0 Å². The van der Waals surface area contributed by atoms with E-state index in [1.165, 1.54) is 0 Å². The molecule has 5 nitrogen and oxygen atoms in total. The van der Waals surface area contributed by atoms with Crippen molar-refractivity contribution >= 4 is 17.6 Å². The van der Waals surface area contributed by atoms with E-state index in [0.29, 0.717) is 18.4 Å². The van der Waals surface area contributed by atoms with Gasteiger partial charge in [0.05, 0.1) is 0 Å². The van der Waals surface area contributed by atoms with Crippen LogP contribution in [0.3, 0.4) is 0 Å². The maximum atomic E-state index is 12.0. The second kappa shape index (κ2) is 5.08. The molecule has 1 atom stereocenters. The van der Waals surface area contributed by atoms with E-state index in [0.717, 1.165) is 5.69 Å². The van der Waals surface area contributed by atoms with Crippen molar-refractivity contribution in [1.29, 1.82) is 0 Å². The topological polar surface area (TPSA) is 76.1 Å². The highest BCUT2D eigenvalue weighted by atomic mass is 16.2. The zero-order valence-corrected chi connectivity index (χ0v) is 10.1. The van der Waals surface area contributed by atoms with Crippen LogP contribution in [-0.2, 0) is 9.59 Å². The summed E-state index contributed by atoms with van der Waals surface area (Å²) in [4.78, 5) is 38.6. The Balaban J connectivity index is 2.03. The molecule has 1 N–H and O–H groups in total. The fourth-order valence-corrected chi connectivity index (χ4v) is 1.99. The summed E-state index contributed by atoms with van der Waals surface area (Å²) in [5.74, 6) is -1.09. The quantitative estimate of drug-likeness (QED) is 0.638. The van der Waals surface area contributed by atoms with Gasteiger partial charge in [0.25, 0.3) is 0 Å². The molecule has 2 heterocycles. The number of hydrogen-bond acceptors (Lipinski definition) is 4. The Morgan fingerprint density at radius 3 is 2.94 bits per heavy atom. The Hall–Kier alpha value is -2.04. The van der Waals surface area contributed by atoms with Crippen molar-refractivity contribution in [2.45, 2.75) is 26.2 Å². The van der Waals surface area contributed by atoms with Crippen molar-refractivity contribution in [3.63, 3.8) is 0 Å². The SMILES string of the molecule is Cc1cc(C(=O)CC2CCC(=O)NC2=O)ccn1. The van der Waals surface area contributed by atoms with Crippen molar-refractivity contribution in [2.24, 2.45) is 5.92 Å². The number of imide groups is 1. The lowest BCUT2D eigenvalue weighted by Crippen LogP contribution is -2.41. The Kier molecular flexibility index (Phi) is 3.50. The highest BCUT2D eigenvalue weighted by Gasteiger charge is 2.28. The molecular formula is C13H14N2O3. The van der Waals surface area contributed by atoms with Gasteiger partial charge in [0.1, 0.15) is 0 Å². The van der Waals surface area contributed by atoms with E-state index >= 15 is 0 Å². The van der Waals surface area contributed by atoms with Crippen LogP contribution in [0.1, 0.15) is 35.3 Å². The lowest BCUT2D eigenvalue weighted by atomic mass is 9.91. The molecule has 0 spiro atoms. The summed E-state index contributed by atoms with van der Waals surface area (Å²) in [6.45, 7) is 1.81. The van der Waals surface area contributed by atoms with Crippen molar-refractivity contribution in [1.82, 2.24) is 10.3 Å². The van der Waals surface area contributed by atoms with E-state index in [2.05, 4.69) is 10.3 Å². The van der Waals surface area contributed by atoms with Crippen molar-refractivity contribution in [2.75, 3.05) is 0 Å². The van der Waals surface area contributed by atoms with Crippen molar-refractivity contribution < 1.29 is 14.4 Å². The Bertz CT molecular complexity index is 511. The van der Waals surface area contributed by atoms with Gasteiger partial charge in [-0.25, -0.2) is 0 Å². The fourth-order valence-electron chi connectivity index (χ4n) is 1.99. The van der Waals surface area contributed by atoms with Crippen LogP contribution in [0.5, 0.6) is 0 Å². The third-order valence-corrected chi connectivity index (χ3v) is 3.00. The van der Waals surface area contributed by atoms with Crippen LogP contribution in [-0.4, -0.2) is 22.6 Å². The molecule has 1 saturated heterocycles. The molecule has 0 aromatic carbocycles. The molecule has 1 fully saturated rings. The first-order chi connectivity index (χ1) is 8.56. The molecule has 18 heavy (non-hydrogen) atoms. The first-order valence-electron chi connectivity index (χ1n) is 5.86. The number of aryl methyl sites for hydroxylation is 1. The number of amides is 2. The summed E-state index contributed by atoms with van der Waals surface area (Å²) >= 11 is 0. The minimum Gasteiger partial charge on any atom is -0.296 e. The predicted molar refractivity (Wildman–Crippen MR) is 63.8 cm³/mol. The van der Waals surface area contributed by atoms with Crippen molar-refractivity contribution in [3.05, 3.63) is 29.6 Å². The first-order valence-corrected chi connectivity index (χ1v) is 5.86. The van der Waals surface area contributed by atoms with Crippen LogP contribution in [0.2, 0.25) is 0 Å². The summed E-state index contributed by atoms with van der Waals surface area (Å²) in [6, 6.07) is 3.34. The lowest BCUT2D eigenvalue weighted by molar-refractivity contribution is -0.136. The zero-order valence-electron chi connectivity index (χ0n) is 10.1. The molecule has 1 aliphatic heterocycles. The van der Waals surface area contributed by atoms with Crippen LogP contribution < -0.4 is 5.32 Å². The molecule has 1 aliphatic rings. The van der Waals surface area contributed by atoms with Crippen LogP contribution in [0.15, 0.2) is 18.3 Å². The molecule has 2 amide bonds. The minimum atomic E-state index is -0.399. The third-order valence-electron chi connectivity index (χ3n) is 3.00. The summed E-state index contributed by atoms with van der Waals surface area (Å²) in [6.07, 6.45) is 2.47. The molecule has 1 aromatic rings. The number of piperidine rings is 1. The van der Waals surface area contributed by atoms with Gasteiger partial charge in [-0.15, -0.1) is 0 Å². The Morgan fingerprint density at radius 2 is 2.28 bits per heavy atom. The summed E-state index contributed by atoms with van der Waals surface area (Å²) in [5.41, 5.74) is 1.33. The van der Waals surface area contributed by atoms with Crippen LogP contribution >= 0.6 is 0 Å². The minimum absolute atomic E-state index is 0.0880. The van der Waals surface area contributed by atoms with Crippen LogP contribution in [0, 0.1) is 12.8 Å². The van der Waals surface area contributed by atoms with Gasteiger partial charge in [-0.3, -0.25) is 24.7 Å². The van der Waals surface area contributed by atoms with Gasteiger partial charge in [-0.05, 0) is 25.5 Å². The van der Waals surface area contributed by atoms with E-state index in [-0.39, 0.29) is 24.0 Å². The van der Waals surface area contributed by atoms with Gasteiger partial charge in [0.2, 0.25) is 11.8 Å². The van der Waals surface area contributed by atoms with Crippen LogP contribution in [0.25, 0.3) is 0 Å². The van der Waals surface area contributed by atoms with Gasteiger partial charge in [0, 0.05) is 36.2 Å². The molecule has 1 aromatic heterocycles. The zero-order chi connectivity index (χ0) is 13.1. The normalized spacial score (nSPS) is 19.5. The first kappa shape index (κ1) is 12.4. The smallest absolute Gasteiger partial charge is 0.230 e. The maximum Gasteiger partial charge on any atom is 0.230 e. The Labute approximate surface area is 105 Å². The molecule has 0 radical (unpaired) electrons. The van der Waals surface area contributed by atoms with Gasteiger partial charge >= 0.3 is 0 Å². The number of carbonyl (C=O) groups excluding carboxylic acids is 3. The highest BCUT2D eigenvalue weighted by Crippen LogP contribution is 2.18. The molecule has 1 unspecified atom stereocenters. The van der Waals surface area contributed by atoms with E-state index in [4.69, 9.17) is 0 Å². The number of rotatable bonds is 3. The highest BCUT2D eigenvalue weighted by molar-refractivity contribution is 6.03. The van der Waals surface area contributed by atoms with Crippen molar-refractivity contribution in [3.8, 4) is 0 Å². The van der Waals surface area contributed by atoms with E-state index < -0.39 is 5.92 Å². The average molecular weight is 246 g/mol. The molecule has 2 rings (SSSR count). The molecule has 5 heteroatoms. The number of aromatic nitrogens is 1. The lowest BCUT2D eigenvalue weighted by Gasteiger charge is -2.19. The molecule has 0 saturated carbocycles. The Morgan fingerprint density at radius 1 is 1.50 bits per heavy atom. The van der Waals surface area contributed by atoms with Gasteiger partial charge in [0.15, 0.2) is 5.78 Å². The second-order valence-electron chi connectivity index (χ2n) is 4.46. The summed E-state index contributed by atoms with van der Waals surface area (Å²) in [5, 5.41) is 2.26. The van der Waals surface area contributed by atoms with E-state index in [9.17, 15) is 14.4 Å². The third kappa shape index (κ3) is 2.80. The number of ketones is 1. The number of pyridine rings is 1. The standard InChI is InChI=1S/C13H14N2O3/c1-8-6-9(4-5-14-8)11(16)7-10-2-3-12(17)15-13(10)18/h4-6,10H,2-3,7H2,1H3,(H,15,17,18). The van der Waals surface area contributed by atoms with Crippen LogP contribution in [0.4, 0.5) is 0 Å². The monoisotopic (exact) mass is 246 g/mol. The number of Topliss-reactive ketones (excluding diaryl/α,β-unsaturated/α-hetero) is 1. The molecule has 94 valence electrons. The summed E-state index contributed by atoms with van der Waals surface area (Å²) in [7, 11) is 0. The van der Waals surface area contributed by atoms with E-state index in [1.807, 2.05) is 6.92 Å². The second-order valence-corrected chi connectivity index (χ2v) is 4.46. The average Bonchev–Trinajstić information content (AvgIpc) is 2.32. The molecular weight excluding hydrogens is 232 g/mol. The summed E-state index contributed by atoms with van der Waals surface area (Å²) < 4.78 is 0.